The molecule has 0 unspecified atom stereocenters. The number of para-hydroxylation sites is 2. The second-order valence-corrected chi connectivity index (χ2v) is 17.2. The molecule has 0 atom stereocenters. The monoisotopic (exact) mass is 823 g/mol. The molecule has 63 heavy (non-hydrogen) atoms. The maximum Gasteiger partial charge on any atom is 0.0629 e. The molecule has 10 aromatic carbocycles. The number of hydrogen-bond acceptors (Lipinski definition) is 1. The molecule has 0 amide bonds. The van der Waals surface area contributed by atoms with E-state index in [9.17, 15) is 0 Å². The van der Waals surface area contributed by atoms with E-state index in [4.69, 9.17) is 6.85 Å². The van der Waals surface area contributed by atoms with E-state index in [2.05, 4.69) is 191 Å². The van der Waals surface area contributed by atoms with E-state index < -0.39 is 6.04 Å². The summed E-state index contributed by atoms with van der Waals surface area (Å²) in [6.45, 7) is 0. The second-order valence-electron chi connectivity index (χ2n) is 16.1. The lowest BCUT2D eigenvalue weighted by molar-refractivity contribution is 1.18. The summed E-state index contributed by atoms with van der Waals surface area (Å²) in [5.74, 6) is 0. The van der Waals surface area contributed by atoms with E-state index in [0.717, 1.165) is 75.5 Å². The van der Waals surface area contributed by atoms with Crippen LogP contribution in [0.2, 0.25) is 0 Å². The van der Waals surface area contributed by atoms with Crippen LogP contribution in [0.15, 0.2) is 230 Å². The van der Waals surface area contributed by atoms with Crippen molar-refractivity contribution in [3.63, 3.8) is 0 Å². The molecule has 0 saturated heterocycles. The lowest BCUT2D eigenvalue weighted by Crippen LogP contribution is -1.96. The molecule has 0 saturated carbocycles. The molecular formula is C60H38N2S. The third-order valence-corrected chi connectivity index (χ3v) is 13.7. The molecule has 0 aliphatic rings. The van der Waals surface area contributed by atoms with Crippen LogP contribution in [0.25, 0.3) is 120 Å². The van der Waals surface area contributed by atoms with Gasteiger partial charge in [-0.2, -0.15) is 0 Å². The second kappa shape index (κ2) is 14.3. The molecule has 2 nitrogen and oxygen atoms in total. The lowest BCUT2D eigenvalue weighted by Gasteiger charge is -2.14. The summed E-state index contributed by atoms with van der Waals surface area (Å²) in [6.07, 6.45) is 0. The first-order valence-electron chi connectivity index (χ1n) is 23.7. The minimum absolute atomic E-state index is 0.196. The molecule has 0 spiro atoms. The number of fused-ring (bicyclic) bond motifs is 9. The van der Waals surface area contributed by atoms with E-state index >= 15 is 0 Å². The Kier molecular flexibility index (Phi) is 7.03. The highest BCUT2D eigenvalue weighted by molar-refractivity contribution is 7.26. The number of rotatable bonds is 6. The summed E-state index contributed by atoms with van der Waals surface area (Å²) in [5, 5.41) is 6.59. The molecule has 3 aromatic heterocycles. The van der Waals surface area contributed by atoms with Crippen molar-refractivity contribution in [3.05, 3.63) is 230 Å². The molecule has 0 aliphatic carbocycles. The SMILES string of the molecule is [2H]c1c([2H])c([2H])c(-c2cccc3sc4cc(-n5c6ccccc6c6cc(-c7ccc8c(c7)c7ccccc7n8-c7cc(-c8ccccc8)cc(-c8ccccc8)c7)ccc65)ccc4c23)c([2H])c1[2H]. The molecule has 13 aromatic rings. The summed E-state index contributed by atoms with van der Waals surface area (Å²) in [7, 11) is 0. The zero-order valence-electron chi connectivity index (χ0n) is 38.9. The zero-order valence-corrected chi connectivity index (χ0v) is 34.7. The van der Waals surface area contributed by atoms with E-state index in [0.29, 0.717) is 5.56 Å². The maximum absolute atomic E-state index is 8.75. The van der Waals surface area contributed by atoms with E-state index in [-0.39, 0.29) is 29.7 Å². The molecule has 0 fully saturated rings. The van der Waals surface area contributed by atoms with Crippen LogP contribution >= 0.6 is 11.3 Å². The number of thiophene rings is 1. The van der Waals surface area contributed by atoms with Crippen LogP contribution in [-0.2, 0) is 0 Å². The Morgan fingerprint density at radius 2 is 0.873 bits per heavy atom. The van der Waals surface area contributed by atoms with Gasteiger partial charge in [0.2, 0.25) is 0 Å². The van der Waals surface area contributed by atoms with Crippen molar-refractivity contribution in [2.24, 2.45) is 0 Å². The number of aromatic nitrogens is 2. The molecule has 3 heterocycles. The Hall–Kier alpha value is -7.98. The molecule has 13 rings (SSSR count). The Bertz CT molecular complexity index is 4120. The highest BCUT2D eigenvalue weighted by Crippen LogP contribution is 2.43. The van der Waals surface area contributed by atoms with Gasteiger partial charge < -0.3 is 9.13 Å². The van der Waals surface area contributed by atoms with Crippen molar-refractivity contribution >= 4 is 75.1 Å². The van der Waals surface area contributed by atoms with E-state index in [1.807, 2.05) is 18.2 Å². The van der Waals surface area contributed by atoms with Gasteiger partial charge in [-0.15, -0.1) is 11.3 Å². The predicted molar refractivity (Wildman–Crippen MR) is 270 cm³/mol. The topological polar surface area (TPSA) is 9.86 Å². The Morgan fingerprint density at radius 3 is 1.49 bits per heavy atom. The molecule has 0 bridgehead atoms. The lowest BCUT2D eigenvalue weighted by atomic mass is 9.98. The summed E-state index contributed by atoms with van der Waals surface area (Å²) in [4.78, 5) is 0. The molecular weight excluding hydrogens is 781 g/mol. The van der Waals surface area contributed by atoms with Crippen LogP contribution in [-0.4, -0.2) is 9.13 Å². The van der Waals surface area contributed by atoms with Gasteiger partial charge in [0.15, 0.2) is 0 Å². The van der Waals surface area contributed by atoms with Crippen LogP contribution in [0.3, 0.4) is 0 Å². The third kappa shape index (κ3) is 5.78. The molecule has 3 heteroatoms. The number of hydrogen-bond donors (Lipinski definition) is 0. The highest BCUT2D eigenvalue weighted by atomic mass is 32.1. The summed E-state index contributed by atoms with van der Waals surface area (Å²) in [5.41, 5.74) is 14.5. The van der Waals surface area contributed by atoms with Gasteiger partial charge in [-0.1, -0.05) is 158 Å². The van der Waals surface area contributed by atoms with Crippen LogP contribution < -0.4 is 0 Å². The molecule has 0 radical (unpaired) electrons. The first kappa shape index (κ1) is 31.0. The quantitative estimate of drug-likeness (QED) is 0.158. The summed E-state index contributed by atoms with van der Waals surface area (Å²) < 4.78 is 49.2. The summed E-state index contributed by atoms with van der Waals surface area (Å²) in [6, 6.07) is 70.0. The summed E-state index contributed by atoms with van der Waals surface area (Å²) >= 11 is 1.65. The van der Waals surface area contributed by atoms with Crippen molar-refractivity contribution in [2.45, 2.75) is 0 Å². The average molecular weight is 824 g/mol. The minimum Gasteiger partial charge on any atom is -0.309 e. The van der Waals surface area contributed by atoms with Gasteiger partial charge in [-0.25, -0.2) is 0 Å². The van der Waals surface area contributed by atoms with E-state index in [1.54, 1.807) is 11.3 Å². The number of nitrogens with zero attached hydrogens (tertiary/aromatic N) is 2. The van der Waals surface area contributed by atoms with Crippen LogP contribution in [0.1, 0.15) is 6.85 Å². The molecule has 0 aliphatic heterocycles. The van der Waals surface area contributed by atoms with Crippen molar-refractivity contribution < 1.29 is 6.85 Å². The molecule has 294 valence electrons. The van der Waals surface area contributed by atoms with Gasteiger partial charge in [-0.3, -0.25) is 0 Å². The van der Waals surface area contributed by atoms with Crippen LogP contribution in [0, 0.1) is 0 Å². The first-order valence-corrected chi connectivity index (χ1v) is 22.0. The maximum atomic E-state index is 8.75. The van der Waals surface area contributed by atoms with Crippen molar-refractivity contribution in [3.8, 4) is 55.9 Å². The van der Waals surface area contributed by atoms with Gasteiger partial charge in [0.25, 0.3) is 0 Å². The van der Waals surface area contributed by atoms with Gasteiger partial charge in [0.05, 0.1) is 28.9 Å². The number of benzene rings is 10. The Labute approximate surface area is 375 Å². The average Bonchev–Trinajstić information content (AvgIpc) is 4.05. The fourth-order valence-corrected chi connectivity index (χ4v) is 10.9. The zero-order chi connectivity index (χ0) is 45.8. The smallest absolute Gasteiger partial charge is 0.0629 e. The predicted octanol–water partition coefficient (Wildman–Crippen LogP) is 16.9. The third-order valence-electron chi connectivity index (χ3n) is 12.6. The minimum atomic E-state index is -0.391. The Morgan fingerprint density at radius 1 is 0.317 bits per heavy atom. The fourth-order valence-electron chi connectivity index (χ4n) is 9.74. The first-order chi connectivity index (χ1) is 33.3. The van der Waals surface area contributed by atoms with Gasteiger partial charge >= 0.3 is 0 Å². The molecule has 0 N–H and O–H groups in total. The van der Waals surface area contributed by atoms with Gasteiger partial charge in [0, 0.05) is 53.1 Å². The highest BCUT2D eigenvalue weighted by Gasteiger charge is 2.19. The van der Waals surface area contributed by atoms with Gasteiger partial charge in [0.1, 0.15) is 0 Å². The van der Waals surface area contributed by atoms with Crippen LogP contribution in [0.4, 0.5) is 0 Å². The van der Waals surface area contributed by atoms with Crippen LogP contribution in [0.5, 0.6) is 0 Å². The normalized spacial score (nSPS) is 12.9. The van der Waals surface area contributed by atoms with Crippen molar-refractivity contribution in [1.82, 2.24) is 9.13 Å². The fraction of sp³-hybridized carbons (Fsp3) is 0. The largest absolute Gasteiger partial charge is 0.309 e. The van der Waals surface area contributed by atoms with E-state index in [1.165, 1.54) is 33.0 Å². The standard InChI is InChI=1S/C60H38N2S/c1-4-15-39(16-5-1)44-33-45(40-17-6-2-7-18-40)35-47(34-44)62-55-25-13-11-22-50(55)53-37-43(28-32-57(53)62)42-27-31-56-52(36-42)49-21-10-12-24-54(49)61(56)46-29-30-51-59(38-46)63-58-26-14-23-48(60(51)58)41-19-8-3-9-20-41/h1-38H/i3D,8D,9D,19D,20D. The Balaban J connectivity index is 0.942. The van der Waals surface area contributed by atoms with Crippen molar-refractivity contribution in [2.75, 3.05) is 0 Å². The van der Waals surface area contributed by atoms with Gasteiger partial charge in [-0.05, 0) is 117 Å². The van der Waals surface area contributed by atoms with Crippen molar-refractivity contribution in [1.29, 1.82) is 0 Å².